The molecule has 0 aliphatic carbocycles. The van der Waals surface area contributed by atoms with E-state index in [4.69, 9.17) is 14.2 Å². The number of unbranched alkanes of at least 4 members (excludes halogenated alkanes) is 1. The molecule has 0 aromatic heterocycles. The second-order valence-electron chi connectivity index (χ2n) is 14.5. The van der Waals surface area contributed by atoms with Crippen molar-refractivity contribution in [1.82, 2.24) is 0 Å². The number of hydrogen-bond donors (Lipinski definition) is 0. The number of rotatable bonds is 16. The van der Waals surface area contributed by atoms with Gasteiger partial charge >= 0.3 is 0 Å². The Morgan fingerprint density at radius 2 is 1.70 bits per heavy atom. The molecule has 5 nitrogen and oxygen atoms in total. The third kappa shape index (κ3) is 8.70. The molecule has 0 amide bonds. The molecule has 3 saturated heterocycles. The molecule has 3 aliphatic heterocycles. The second kappa shape index (κ2) is 16.1. The minimum Gasteiger partial charge on any atom is -0.374 e. The van der Waals surface area contributed by atoms with Crippen molar-refractivity contribution in [3.05, 3.63) is 42.5 Å². The van der Waals surface area contributed by atoms with Crippen molar-refractivity contribution in [3.63, 3.8) is 0 Å². The van der Waals surface area contributed by atoms with E-state index in [1.807, 2.05) is 6.07 Å². The summed E-state index contributed by atoms with van der Waals surface area (Å²) in [6, 6.07) is 8.91. The summed E-state index contributed by atoms with van der Waals surface area (Å²) in [5.41, 5.74) is 1.08. The van der Waals surface area contributed by atoms with Crippen LogP contribution in [0.5, 0.6) is 0 Å². The molecular formula is C37H59IO5S. The first-order valence-electron chi connectivity index (χ1n) is 17.4. The summed E-state index contributed by atoms with van der Waals surface area (Å²) in [5, 5.41) is 0. The molecule has 0 saturated carbocycles. The summed E-state index contributed by atoms with van der Waals surface area (Å²) in [5.74, 6) is 1.38. The number of fused-ring (bicyclic) bond motifs is 1. The zero-order valence-corrected chi connectivity index (χ0v) is 31.2. The van der Waals surface area contributed by atoms with Crippen molar-refractivity contribution in [1.29, 1.82) is 0 Å². The summed E-state index contributed by atoms with van der Waals surface area (Å²) in [4.78, 5) is 0.408. The number of benzene rings is 1. The highest BCUT2D eigenvalue weighted by molar-refractivity contribution is 14.1. The predicted molar refractivity (Wildman–Crippen MR) is 189 cm³/mol. The van der Waals surface area contributed by atoms with E-state index in [-0.39, 0.29) is 53.5 Å². The molecule has 44 heavy (non-hydrogen) atoms. The van der Waals surface area contributed by atoms with Gasteiger partial charge in [0.25, 0.3) is 0 Å². The summed E-state index contributed by atoms with van der Waals surface area (Å²) in [6.45, 7) is 18.1. The molecule has 0 bridgehead atoms. The third-order valence-electron chi connectivity index (χ3n) is 11.2. The fourth-order valence-electron chi connectivity index (χ4n) is 7.94. The van der Waals surface area contributed by atoms with E-state index in [0.717, 1.165) is 55.8 Å². The zero-order chi connectivity index (χ0) is 32.1. The Hall–Kier alpha value is -0.480. The number of hydrogen-bond acceptors (Lipinski definition) is 5. The molecule has 0 N–H and O–H groups in total. The number of allylic oxidation sites excluding steroid dienone is 1. The van der Waals surface area contributed by atoms with Gasteiger partial charge in [0.2, 0.25) is 0 Å². The van der Waals surface area contributed by atoms with E-state index in [1.54, 1.807) is 24.3 Å². The van der Waals surface area contributed by atoms with Gasteiger partial charge in [-0.15, -0.1) is 0 Å². The number of sulfone groups is 1. The van der Waals surface area contributed by atoms with Crippen LogP contribution in [0.2, 0.25) is 0 Å². The molecule has 3 aliphatic rings. The third-order valence-corrected chi connectivity index (χ3v) is 14.3. The molecule has 3 fully saturated rings. The molecule has 0 radical (unpaired) electrons. The second-order valence-corrected chi connectivity index (χ2v) is 17.3. The van der Waals surface area contributed by atoms with E-state index in [2.05, 4.69) is 70.7 Å². The quantitative estimate of drug-likeness (QED) is 0.0961. The van der Waals surface area contributed by atoms with Gasteiger partial charge in [0.1, 0.15) is 5.60 Å². The first kappa shape index (κ1) is 36.4. The lowest BCUT2D eigenvalue weighted by Gasteiger charge is -2.42. The molecule has 4 rings (SSSR count). The standard InChI is InChI=1S/C37H59IO5S/c1-8-10-14-31-22-37(24-38)36(41-31)18-17-30(43-37)20-26(4)28(6)27(5)21-35-33(29(7)34(42-35)19-25(3)9-2)23-44(39,40)32-15-12-11-13-16-32/h11-13,15-16,25-27,29-31,33-36H,6,8-10,14,17-24H2,1-5,7H3/t25?,26-,27?,29-,30?,31+,33-,34-,35?,36+,37-/m1/s1. The molecule has 0 spiro atoms. The highest BCUT2D eigenvalue weighted by atomic mass is 127. The van der Waals surface area contributed by atoms with Crippen LogP contribution < -0.4 is 0 Å². The highest BCUT2D eigenvalue weighted by Gasteiger charge is 2.52. The van der Waals surface area contributed by atoms with Gasteiger partial charge in [0.15, 0.2) is 9.84 Å². The summed E-state index contributed by atoms with van der Waals surface area (Å²) in [7, 11) is -3.41. The van der Waals surface area contributed by atoms with Crippen LogP contribution in [0.15, 0.2) is 47.4 Å². The summed E-state index contributed by atoms with van der Waals surface area (Å²) < 4.78 is 48.2. The van der Waals surface area contributed by atoms with Crippen LogP contribution in [0.4, 0.5) is 0 Å². The smallest absolute Gasteiger partial charge is 0.178 e. The molecule has 1 aromatic rings. The van der Waals surface area contributed by atoms with Gasteiger partial charge in [-0.2, -0.15) is 0 Å². The van der Waals surface area contributed by atoms with Crippen LogP contribution in [0, 0.1) is 29.6 Å². The number of alkyl halides is 1. The molecule has 7 heteroatoms. The van der Waals surface area contributed by atoms with E-state index in [0.29, 0.717) is 22.8 Å². The first-order valence-corrected chi connectivity index (χ1v) is 20.6. The monoisotopic (exact) mass is 742 g/mol. The van der Waals surface area contributed by atoms with Crippen LogP contribution in [0.1, 0.15) is 106 Å². The van der Waals surface area contributed by atoms with Crippen LogP contribution >= 0.6 is 22.6 Å². The molecule has 1 aromatic carbocycles. The minimum absolute atomic E-state index is 0.0371. The average molecular weight is 743 g/mol. The van der Waals surface area contributed by atoms with Crippen LogP contribution in [-0.4, -0.2) is 54.7 Å². The van der Waals surface area contributed by atoms with E-state index < -0.39 is 9.84 Å². The Kier molecular flexibility index (Phi) is 13.3. The molecule has 3 heterocycles. The lowest BCUT2D eigenvalue weighted by atomic mass is 9.79. The van der Waals surface area contributed by atoms with Crippen molar-refractivity contribution in [2.24, 2.45) is 29.6 Å². The van der Waals surface area contributed by atoms with Gasteiger partial charge in [0.05, 0.1) is 41.2 Å². The van der Waals surface area contributed by atoms with E-state index >= 15 is 0 Å². The van der Waals surface area contributed by atoms with Crippen molar-refractivity contribution in [2.75, 3.05) is 10.2 Å². The predicted octanol–water partition coefficient (Wildman–Crippen LogP) is 9.23. The Morgan fingerprint density at radius 3 is 2.36 bits per heavy atom. The SMILES string of the molecule is C=C(C(C)CC1O[C@H](CC(C)CC)[C@H](C)[C@H]1CS(=O)(=O)c1ccccc1)[C@H](C)CC1CC[C@@H]2O[C@@H](CCCC)C[C@]2(CI)O1. The maximum Gasteiger partial charge on any atom is 0.178 e. The maximum atomic E-state index is 13.5. The van der Waals surface area contributed by atoms with Crippen molar-refractivity contribution in [3.8, 4) is 0 Å². The van der Waals surface area contributed by atoms with Crippen LogP contribution in [0.25, 0.3) is 0 Å². The highest BCUT2D eigenvalue weighted by Crippen LogP contribution is 2.46. The number of ether oxygens (including phenoxy) is 3. The fraction of sp³-hybridized carbons (Fsp3) is 0.784. The van der Waals surface area contributed by atoms with Gasteiger partial charge in [-0.1, -0.05) is 114 Å². The summed E-state index contributed by atoms with van der Waals surface area (Å²) >= 11 is 2.51. The minimum atomic E-state index is -3.41. The van der Waals surface area contributed by atoms with Gasteiger partial charge < -0.3 is 14.2 Å². The summed E-state index contributed by atoms with van der Waals surface area (Å²) in [6.07, 6.45) is 11.3. The molecule has 250 valence electrons. The molecule has 11 atom stereocenters. The Morgan fingerprint density at radius 1 is 1.00 bits per heavy atom. The van der Waals surface area contributed by atoms with Gasteiger partial charge in [-0.3, -0.25) is 0 Å². The Labute approximate surface area is 282 Å². The largest absolute Gasteiger partial charge is 0.374 e. The zero-order valence-electron chi connectivity index (χ0n) is 28.2. The first-order chi connectivity index (χ1) is 20.9. The lowest BCUT2D eigenvalue weighted by molar-refractivity contribution is -0.155. The van der Waals surface area contributed by atoms with Gasteiger partial charge in [-0.25, -0.2) is 8.42 Å². The van der Waals surface area contributed by atoms with Crippen molar-refractivity contribution >= 4 is 32.4 Å². The van der Waals surface area contributed by atoms with E-state index in [9.17, 15) is 8.42 Å². The number of halogens is 1. The van der Waals surface area contributed by atoms with Gasteiger partial charge in [0, 0.05) is 16.8 Å². The topological polar surface area (TPSA) is 61.8 Å². The molecular weight excluding hydrogens is 683 g/mol. The van der Waals surface area contributed by atoms with Crippen molar-refractivity contribution < 1.29 is 22.6 Å². The van der Waals surface area contributed by atoms with Crippen molar-refractivity contribution in [2.45, 2.75) is 147 Å². The fourth-order valence-corrected chi connectivity index (χ4v) is 10.7. The molecule has 4 unspecified atom stereocenters. The van der Waals surface area contributed by atoms with E-state index in [1.165, 1.54) is 18.4 Å². The van der Waals surface area contributed by atoms with Gasteiger partial charge in [-0.05, 0) is 74.3 Å². The lowest BCUT2D eigenvalue weighted by Crippen LogP contribution is -2.50. The Bertz CT molecular complexity index is 1160. The van der Waals surface area contributed by atoms with Crippen LogP contribution in [-0.2, 0) is 24.0 Å². The normalized spacial score (nSPS) is 34.4. The average Bonchev–Trinajstić information content (AvgIpc) is 3.52. The Balaban J connectivity index is 1.40. The van der Waals surface area contributed by atoms with Crippen LogP contribution in [0.3, 0.4) is 0 Å². The maximum absolute atomic E-state index is 13.5.